The average Bonchev–Trinajstić information content (AvgIpc) is 3.05. The van der Waals surface area contributed by atoms with Crippen LogP contribution < -0.4 is 0 Å². The molecule has 1 aromatic carbocycles. The van der Waals surface area contributed by atoms with Crippen molar-refractivity contribution in [1.82, 2.24) is 14.9 Å². The van der Waals surface area contributed by atoms with Crippen molar-refractivity contribution in [1.29, 1.82) is 0 Å². The van der Waals surface area contributed by atoms with Crippen LogP contribution in [-0.2, 0) is 16.4 Å². The molecule has 1 atom stereocenters. The van der Waals surface area contributed by atoms with Gasteiger partial charge in [-0.25, -0.2) is 18.4 Å². The van der Waals surface area contributed by atoms with Crippen LogP contribution in [0.4, 0.5) is 0 Å². The minimum absolute atomic E-state index is 0.0360. The molecule has 1 aliphatic heterocycles. The molecule has 3 rings (SSSR count). The zero-order valence-corrected chi connectivity index (χ0v) is 17.9. The van der Waals surface area contributed by atoms with Crippen LogP contribution in [0.2, 0.25) is 5.02 Å². The van der Waals surface area contributed by atoms with Gasteiger partial charge in [-0.2, -0.15) is 0 Å². The van der Waals surface area contributed by atoms with E-state index >= 15 is 0 Å². The summed E-state index contributed by atoms with van der Waals surface area (Å²) >= 11 is 7.70. The van der Waals surface area contributed by atoms with Crippen molar-refractivity contribution in [3.05, 3.63) is 52.8 Å². The number of amides is 1. The summed E-state index contributed by atoms with van der Waals surface area (Å²) in [5.74, 6) is 0.526. The lowest BCUT2D eigenvalue weighted by Crippen LogP contribution is -2.41. The van der Waals surface area contributed by atoms with Gasteiger partial charge in [0.15, 0.2) is 20.7 Å². The smallest absolute Gasteiger partial charge is 0.274 e. The summed E-state index contributed by atoms with van der Waals surface area (Å²) in [5.41, 5.74) is 1.04. The standard InChI is InChI=1S/C19H22ClN3O3S2/c1-2-9-27-19-21-11-16(20)17(22-19)18(24)23(12-14-6-4-3-5-7-14)15-8-10-28(25,26)13-15/h3-7,11,15H,2,8-10,12-13H2,1H3/t15-/m0/s1. The van der Waals surface area contributed by atoms with Gasteiger partial charge < -0.3 is 4.90 Å². The number of carbonyl (C=O) groups is 1. The molecule has 0 unspecified atom stereocenters. The number of hydrogen-bond donors (Lipinski definition) is 0. The first-order chi connectivity index (χ1) is 13.4. The van der Waals surface area contributed by atoms with Gasteiger partial charge in [0.1, 0.15) is 0 Å². The number of aromatic nitrogens is 2. The lowest BCUT2D eigenvalue weighted by Gasteiger charge is -2.28. The second-order valence-corrected chi connectivity index (χ2v) is 10.4. The maximum atomic E-state index is 13.3. The second kappa shape index (κ2) is 9.24. The molecule has 1 fully saturated rings. The molecule has 28 heavy (non-hydrogen) atoms. The molecule has 1 saturated heterocycles. The van der Waals surface area contributed by atoms with E-state index in [1.165, 1.54) is 18.0 Å². The Hall–Kier alpha value is -1.64. The Labute approximate surface area is 174 Å². The Bertz CT molecular complexity index is 939. The maximum Gasteiger partial charge on any atom is 0.274 e. The molecule has 9 heteroatoms. The molecular weight excluding hydrogens is 418 g/mol. The third-order valence-electron chi connectivity index (χ3n) is 4.47. The first kappa shape index (κ1) is 21.1. The zero-order chi connectivity index (χ0) is 20.1. The van der Waals surface area contributed by atoms with E-state index in [4.69, 9.17) is 11.6 Å². The van der Waals surface area contributed by atoms with Crippen molar-refractivity contribution in [2.75, 3.05) is 17.3 Å². The Morgan fingerprint density at radius 1 is 1.32 bits per heavy atom. The highest BCUT2D eigenvalue weighted by Gasteiger charge is 2.36. The number of hydrogen-bond acceptors (Lipinski definition) is 6. The lowest BCUT2D eigenvalue weighted by molar-refractivity contribution is 0.0674. The van der Waals surface area contributed by atoms with Crippen molar-refractivity contribution in [3.8, 4) is 0 Å². The fraction of sp³-hybridized carbons (Fsp3) is 0.421. The van der Waals surface area contributed by atoms with Crippen LogP contribution in [0, 0.1) is 0 Å². The molecule has 2 heterocycles. The molecule has 6 nitrogen and oxygen atoms in total. The van der Waals surface area contributed by atoms with Crippen LogP contribution >= 0.6 is 23.4 Å². The Morgan fingerprint density at radius 2 is 2.07 bits per heavy atom. The number of carbonyl (C=O) groups excluding carboxylic acids is 1. The molecule has 1 aliphatic rings. The molecule has 1 aromatic heterocycles. The maximum absolute atomic E-state index is 13.3. The Morgan fingerprint density at radius 3 is 2.71 bits per heavy atom. The number of benzene rings is 1. The molecular formula is C19H22ClN3O3S2. The Balaban J connectivity index is 1.92. The average molecular weight is 440 g/mol. The van der Waals surface area contributed by atoms with Gasteiger partial charge >= 0.3 is 0 Å². The molecule has 0 spiro atoms. The van der Waals surface area contributed by atoms with Crippen molar-refractivity contribution in [3.63, 3.8) is 0 Å². The summed E-state index contributed by atoms with van der Waals surface area (Å²) < 4.78 is 24.0. The van der Waals surface area contributed by atoms with Gasteiger partial charge in [-0.1, -0.05) is 60.6 Å². The predicted octanol–water partition coefficient (Wildman–Crippen LogP) is 3.46. The van der Waals surface area contributed by atoms with E-state index in [2.05, 4.69) is 16.9 Å². The van der Waals surface area contributed by atoms with E-state index in [0.29, 0.717) is 18.1 Å². The third-order valence-corrected chi connectivity index (χ3v) is 7.56. The van der Waals surface area contributed by atoms with E-state index in [1.807, 2.05) is 30.3 Å². The van der Waals surface area contributed by atoms with Crippen molar-refractivity contribution >= 4 is 39.1 Å². The largest absolute Gasteiger partial charge is 0.329 e. The van der Waals surface area contributed by atoms with Gasteiger partial charge in [-0.3, -0.25) is 4.79 Å². The molecule has 0 saturated carbocycles. The van der Waals surface area contributed by atoms with Gasteiger partial charge in [-0.05, 0) is 18.4 Å². The van der Waals surface area contributed by atoms with Crippen molar-refractivity contribution < 1.29 is 13.2 Å². The van der Waals surface area contributed by atoms with E-state index in [1.54, 1.807) is 4.90 Å². The highest BCUT2D eigenvalue weighted by molar-refractivity contribution is 7.99. The monoisotopic (exact) mass is 439 g/mol. The molecule has 0 aliphatic carbocycles. The summed E-state index contributed by atoms with van der Waals surface area (Å²) in [5, 5.41) is 0.665. The number of sulfone groups is 1. The van der Waals surface area contributed by atoms with Crippen LogP contribution in [-0.4, -0.2) is 52.5 Å². The van der Waals surface area contributed by atoms with Crippen LogP contribution in [0.25, 0.3) is 0 Å². The zero-order valence-electron chi connectivity index (χ0n) is 15.5. The minimum atomic E-state index is -3.14. The van der Waals surface area contributed by atoms with Crippen LogP contribution in [0.3, 0.4) is 0 Å². The van der Waals surface area contributed by atoms with E-state index in [-0.39, 0.29) is 28.1 Å². The first-order valence-corrected chi connectivity index (χ1v) is 12.3. The van der Waals surface area contributed by atoms with Crippen LogP contribution in [0.5, 0.6) is 0 Å². The van der Waals surface area contributed by atoms with Crippen molar-refractivity contribution in [2.24, 2.45) is 0 Å². The summed E-state index contributed by atoms with van der Waals surface area (Å²) in [7, 11) is -3.14. The quantitative estimate of drug-likeness (QED) is 0.485. The number of rotatable bonds is 7. The molecule has 0 bridgehead atoms. The second-order valence-electron chi connectivity index (χ2n) is 6.67. The van der Waals surface area contributed by atoms with E-state index in [0.717, 1.165) is 17.7 Å². The molecule has 150 valence electrons. The van der Waals surface area contributed by atoms with Gasteiger partial charge in [0.05, 0.1) is 22.7 Å². The van der Waals surface area contributed by atoms with Gasteiger partial charge in [0, 0.05) is 18.3 Å². The summed E-state index contributed by atoms with van der Waals surface area (Å²) in [6.07, 6.45) is 2.81. The van der Waals surface area contributed by atoms with E-state index in [9.17, 15) is 13.2 Å². The molecule has 0 radical (unpaired) electrons. The van der Waals surface area contributed by atoms with Gasteiger partial charge in [0.25, 0.3) is 5.91 Å². The number of halogens is 1. The SMILES string of the molecule is CCCSc1ncc(Cl)c(C(=O)N(Cc2ccccc2)[C@H]2CCS(=O)(=O)C2)n1. The topological polar surface area (TPSA) is 80.2 Å². The fourth-order valence-electron chi connectivity index (χ4n) is 3.07. The van der Waals surface area contributed by atoms with E-state index < -0.39 is 15.9 Å². The third kappa shape index (κ3) is 5.24. The van der Waals surface area contributed by atoms with Crippen LogP contribution in [0.15, 0.2) is 41.7 Å². The number of nitrogens with zero attached hydrogens (tertiary/aromatic N) is 3. The summed E-state index contributed by atoms with van der Waals surface area (Å²) in [6.45, 7) is 2.36. The van der Waals surface area contributed by atoms with Gasteiger partial charge in [-0.15, -0.1) is 0 Å². The minimum Gasteiger partial charge on any atom is -0.329 e. The Kier molecular flexibility index (Phi) is 6.95. The highest BCUT2D eigenvalue weighted by Crippen LogP contribution is 2.25. The van der Waals surface area contributed by atoms with Crippen molar-refractivity contribution in [2.45, 2.75) is 37.5 Å². The van der Waals surface area contributed by atoms with Crippen LogP contribution in [0.1, 0.15) is 35.8 Å². The molecule has 2 aromatic rings. The fourth-order valence-corrected chi connectivity index (χ4v) is 5.64. The van der Waals surface area contributed by atoms with Gasteiger partial charge in [0.2, 0.25) is 0 Å². The lowest BCUT2D eigenvalue weighted by atomic mass is 10.1. The molecule has 1 amide bonds. The summed E-state index contributed by atoms with van der Waals surface area (Å²) in [6, 6.07) is 9.10. The predicted molar refractivity (Wildman–Crippen MR) is 111 cm³/mol. The highest BCUT2D eigenvalue weighted by atomic mass is 35.5. The molecule has 0 N–H and O–H groups in total. The summed E-state index contributed by atoms with van der Waals surface area (Å²) in [4.78, 5) is 23.5. The number of thioether (sulfide) groups is 1. The normalized spacial score (nSPS) is 18.1. The first-order valence-electron chi connectivity index (χ1n) is 9.10.